The molecule has 0 spiro atoms. The van der Waals surface area contributed by atoms with Gasteiger partial charge in [0.05, 0.1) is 12.5 Å². The topological polar surface area (TPSA) is 26.3 Å². The highest BCUT2D eigenvalue weighted by Crippen LogP contribution is 2.21. The van der Waals surface area contributed by atoms with Crippen LogP contribution < -0.4 is 0 Å². The van der Waals surface area contributed by atoms with Gasteiger partial charge >= 0.3 is 5.97 Å². The lowest BCUT2D eigenvalue weighted by Crippen LogP contribution is -2.19. The van der Waals surface area contributed by atoms with Crippen molar-refractivity contribution >= 4 is 5.97 Å². The van der Waals surface area contributed by atoms with E-state index < -0.39 is 0 Å². The molecule has 0 amide bonds. The molecule has 2 unspecified atom stereocenters. The molecule has 0 rings (SSSR count). The van der Waals surface area contributed by atoms with Gasteiger partial charge in [-0.15, -0.1) is 0 Å². The average Bonchev–Trinajstić information content (AvgIpc) is 2.75. The highest BCUT2D eigenvalue weighted by atomic mass is 16.5. The zero-order valence-electron chi connectivity index (χ0n) is 21.3. The molecule has 0 radical (unpaired) electrons. The number of esters is 1. The van der Waals surface area contributed by atoms with Gasteiger partial charge in [-0.3, -0.25) is 4.79 Å². The lowest BCUT2D eigenvalue weighted by molar-refractivity contribution is -0.149. The highest BCUT2D eigenvalue weighted by molar-refractivity contribution is 5.71. The molecule has 30 heavy (non-hydrogen) atoms. The van der Waals surface area contributed by atoms with Crippen LogP contribution in [-0.2, 0) is 9.53 Å². The molecular weight excluding hydrogens is 368 g/mol. The van der Waals surface area contributed by atoms with Gasteiger partial charge in [0.2, 0.25) is 0 Å². The van der Waals surface area contributed by atoms with Gasteiger partial charge in [-0.2, -0.15) is 0 Å². The normalized spacial score (nSPS) is 13.3. The van der Waals surface area contributed by atoms with Crippen LogP contribution in [0.5, 0.6) is 0 Å². The van der Waals surface area contributed by atoms with Gasteiger partial charge in [-0.05, 0) is 25.2 Å². The van der Waals surface area contributed by atoms with Crippen LogP contribution in [-0.4, -0.2) is 12.6 Å². The third-order valence-electron chi connectivity index (χ3n) is 6.54. The highest BCUT2D eigenvalue weighted by Gasteiger charge is 2.17. The summed E-state index contributed by atoms with van der Waals surface area (Å²) in [6.45, 7) is 9.45. The van der Waals surface area contributed by atoms with Gasteiger partial charge in [-0.25, -0.2) is 0 Å². The van der Waals surface area contributed by atoms with E-state index in [1.807, 2.05) is 6.92 Å². The average molecular weight is 425 g/mol. The van der Waals surface area contributed by atoms with Crippen molar-refractivity contribution < 1.29 is 9.53 Å². The predicted octanol–water partition coefficient (Wildman–Crippen LogP) is 9.64. The fraction of sp³-hybridized carbons (Fsp3) is 0.964. The summed E-state index contributed by atoms with van der Waals surface area (Å²) in [4.78, 5) is 12.3. The van der Waals surface area contributed by atoms with Crippen molar-refractivity contribution in [3.63, 3.8) is 0 Å². The van der Waals surface area contributed by atoms with E-state index in [2.05, 4.69) is 20.8 Å². The first-order valence-corrected chi connectivity index (χ1v) is 13.8. The molecule has 2 nitrogen and oxygen atoms in total. The van der Waals surface area contributed by atoms with Gasteiger partial charge in [0.15, 0.2) is 0 Å². The fourth-order valence-electron chi connectivity index (χ4n) is 4.25. The zero-order chi connectivity index (χ0) is 22.3. The Morgan fingerprint density at radius 1 is 0.567 bits per heavy atom. The first-order chi connectivity index (χ1) is 14.7. The molecule has 0 saturated heterocycles. The van der Waals surface area contributed by atoms with Crippen LogP contribution in [0.1, 0.15) is 156 Å². The van der Waals surface area contributed by atoms with E-state index in [1.54, 1.807) is 0 Å². The largest absolute Gasteiger partial charge is 0.465 e. The molecule has 2 atom stereocenters. The van der Waals surface area contributed by atoms with Crippen molar-refractivity contribution in [2.75, 3.05) is 6.61 Å². The Kier molecular flexibility index (Phi) is 22.7. The smallest absolute Gasteiger partial charge is 0.308 e. The molecule has 0 aliphatic rings. The summed E-state index contributed by atoms with van der Waals surface area (Å²) in [6.07, 6.45) is 26.1. The van der Waals surface area contributed by atoms with E-state index >= 15 is 0 Å². The summed E-state index contributed by atoms with van der Waals surface area (Å²) >= 11 is 0. The number of ether oxygens (including phenoxy) is 1. The minimum Gasteiger partial charge on any atom is -0.465 e. The van der Waals surface area contributed by atoms with Crippen molar-refractivity contribution in [2.45, 2.75) is 156 Å². The van der Waals surface area contributed by atoms with Crippen LogP contribution in [0.15, 0.2) is 0 Å². The summed E-state index contributed by atoms with van der Waals surface area (Å²) in [6, 6.07) is 0. The lowest BCUT2D eigenvalue weighted by atomic mass is 9.94. The second-order valence-electron chi connectivity index (χ2n) is 9.71. The Morgan fingerprint density at radius 2 is 0.933 bits per heavy atom. The number of hydrogen-bond donors (Lipinski definition) is 0. The molecule has 0 aliphatic heterocycles. The molecule has 0 N–H and O–H groups in total. The second kappa shape index (κ2) is 23.1. The zero-order valence-corrected chi connectivity index (χ0v) is 21.3. The summed E-state index contributed by atoms with van der Waals surface area (Å²) in [5, 5.41) is 0. The molecule has 0 aromatic carbocycles. The first kappa shape index (κ1) is 29.5. The number of hydrogen-bond acceptors (Lipinski definition) is 2. The molecule has 0 aliphatic carbocycles. The third kappa shape index (κ3) is 19.4. The SMILES string of the molecule is CCCCCCCCCCCCC(CCCCCC)COC(=O)C(C)CCCCC. The Bertz CT molecular complexity index is 353. The maximum Gasteiger partial charge on any atom is 0.308 e. The van der Waals surface area contributed by atoms with Crippen molar-refractivity contribution in [3.05, 3.63) is 0 Å². The van der Waals surface area contributed by atoms with Crippen molar-refractivity contribution in [2.24, 2.45) is 11.8 Å². The Balaban J connectivity index is 3.99. The number of carbonyl (C=O) groups excluding carboxylic acids is 1. The molecule has 0 aromatic rings. The van der Waals surface area contributed by atoms with Gasteiger partial charge in [0.25, 0.3) is 0 Å². The van der Waals surface area contributed by atoms with Crippen LogP contribution in [0, 0.1) is 11.8 Å². The van der Waals surface area contributed by atoms with Crippen molar-refractivity contribution in [1.29, 1.82) is 0 Å². The van der Waals surface area contributed by atoms with Crippen LogP contribution in [0.25, 0.3) is 0 Å². The minimum atomic E-state index is 0.0349. The van der Waals surface area contributed by atoms with E-state index in [0.717, 1.165) is 12.8 Å². The van der Waals surface area contributed by atoms with Crippen LogP contribution >= 0.6 is 0 Å². The van der Waals surface area contributed by atoms with Crippen molar-refractivity contribution in [3.8, 4) is 0 Å². The summed E-state index contributed by atoms with van der Waals surface area (Å²) in [7, 11) is 0. The number of carbonyl (C=O) groups is 1. The molecule has 0 bridgehead atoms. The number of unbranched alkanes of at least 4 members (excludes halogenated alkanes) is 14. The lowest BCUT2D eigenvalue weighted by Gasteiger charge is -2.19. The van der Waals surface area contributed by atoms with E-state index in [-0.39, 0.29) is 11.9 Å². The quantitative estimate of drug-likeness (QED) is 0.120. The Morgan fingerprint density at radius 3 is 1.43 bits per heavy atom. The van der Waals surface area contributed by atoms with Gasteiger partial charge in [0, 0.05) is 0 Å². The standard InChI is InChI=1S/C28H56O2/c1-5-8-11-13-14-15-16-17-18-21-24-27(23-20-12-9-6-2)25-30-28(29)26(4)22-19-10-7-3/h26-27H,5-25H2,1-4H3. The molecule has 2 heteroatoms. The molecule has 180 valence electrons. The Labute approximate surface area is 190 Å². The Hall–Kier alpha value is -0.530. The monoisotopic (exact) mass is 424 g/mol. The van der Waals surface area contributed by atoms with E-state index in [4.69, 9.17) is 4.74 Å². The number of rotatable bonds is 23. The first-order valence-electron chi connectivity index (χ1n) is 13.8. The predicted molar refractivity (Wildman–Crippen MR) is 133 cm³/mol. The third-order valence-corrected chi connectivity index (χ3v) is 6.54. The van der Waals surface area contributed by atoms with Gasteiger partial charge in [0.1, 0.15) is 0 Å². The maximum atomic E-state index is 12.3. The molecular formula is C28H56O2. The minimum absolute atomic E-state index is 0.0349. The van der Waals surface area contributed by atoms with Crippen molar-refractivity contribution in [1.82, 2.24) is 0 Å². The summed E-state index contributed by atoms with van der Waals surface area (Å²) in [5.74, 6) is 0.671. The summed E-state index contributed by atoms with van der Waals surface area (Å²) < 4.78 is 5.76. The molecule has 0 aromatic heterocycles. The summed E-state index contributed by atoms with van der Waals surface area (Å²) in [5.41, 5.74) is 0. The van der Waals surface area contributed by atoms with Crippen LogP contribution in [0.2, 0.25) is 0 Å². The fourth-order valence-corrected chi connectivity index (χ4v) is 4.25. The van der Waals surface area contributed by atoms with Gasteiger partial charge in [-0.1, -0.05) is 137 Å². The maximum absolute atomic E-state index is 12.3. The van der Waals surface area contributed by atoms with E-state index in [9.17, 15) is 4.79 Å². The van der Waals surface area contributed by atoms with Gasteiger partial charge < -0.3 is 4.74 Å². The second-order valence-corrected chi connectivity index (χ2v) is 9.71. The van der Waals surface area contributed by atoms with E-state index in [1.165, 1.54) is 116 Å². The molecule has 0 saturated carbocycles. The van der Waals surface area contributed by atoms with E-state index in [0.29, 0.717) is 12.5 Å². The van der Waals surface area contributed by atoms with Crippen LogP contribution in [0.3, 0.4) is 0 Å². The molecule has 0 heterocycles. The molecule has 0 fully saturated rings. The van der Waals surface area contributed by atoms with Crippen LogP contribution in [0.4, 0.5) is 0 Å².